The van der Waals surface area contributed by atoms with E-state index in [0.29, 0.717) is 12.2 Å². The van der Waals surface area contributed by atoms with Crippen LogP contribution in [0, 0.1) is 116 Å². The van der Waals surface area contributed by atoms with E-state index < -0.39 is 150 Å². The lowest BCUT2D eigenvalue weighted by Gasteiger charge is -2.44. The van der Waals surface area contributed by atoms with Crippen molar-refractivity contribution in [2.75, 3.05) is 6.07 Å². The summed E-state index contributed by atoms with van der Waals surface area (Å²) < 4.78 is 301. The lowest BCUT2D eigenvalue weighted by Crippen LogP contribution is -2.81. The third-order valence-corrected chi connectivity index (χ3v) is 10.3. The fourth-order valence-corrected chi connectivity index (χ4v) is 7.47. The zero-order valence-corrected chi connectivity index (χ0v) is 32.8. The van der Waals surface area contributed by atoms with Crippen LogP contribution in [0.15, 0.2) is 66.7 Å². The van der Waals surface area contributed by atoms with E-state index in [1.54, 1.807) is 6.07 Å². The molecule has 0 aliphatic rings. The number of para-hydroxylation sites is 1. The predicted molar refractivity (Wildman–Crippen MR) is 195 cm³/mol. The monoisotopic (exact) mass is 991 g/mol. The Labute approximate surface area is 364 Å². The summed E-state index contributed by atoms with van der Waals surface area (Å²) in [5.74, 6) is -71.8. The molecule has 3 nitrogen and oxygen atoms in total. The van der Waals surface area contributed by atoms with E-state index in [1.807, 2.05) is 65.2 Å². The number of rotatable bonds is 8. The number of fused-ring (bicyclic) bond motifs is 1. The van der Waals surface area contributed by atoms with Crippen LogP contribution in [0.3, 0.4) is 0 Å². The molecule has 0 unspecified atom stereocenters. The number of halogens is 21. The highest BCUT2D eigenvalue weighted by atomic mass is 35.5. The predicted octanol–water partition coefficient (Wildman–Crippen LogP) is 9.37. The molecule has 0 aliphatic heterocycles. The molecule has 25 heteroatoms. The molecule has 1 aromatic heterocycles. The number of pyridine rings is 1. The summed E-state index contributed by atoms with van der Waals surface area (Å²) in [7, 11) is 0. The molecule has 6 aromatic carbocycles. The number of esters is 1. The van der Waals surface area contributed by atoms with Crippen LogP contribution in [0.5, 0.6) is 0 Å². The van der Waals surface area contributed by atoms with Crippen molar-refractivity contribution in [3.63, 3.8) is 0 Å². The van der Waals surface area contributed by atoms with Gasteiger partial charge in [0.15, 0.2) is 82.4 Å². The first-order valence-electron chi connectivity index (χ1n) is 17.9. The second-order valence-corrected chi connectivity index (χ2v) is 13.9. The number of hydrogen-bond donors (Lipinski definition) is 0. The fraction of sp³-hybridized carbons (Fsp3) is 0.0476. The highest BCUT2D eigenvalue weighted by Crippen LogP contribution is 2.31. The zero-order valence-electron chi connectivity index (χ0n) is 32.0. The number of benzene rings is 6. The topological polar surface area (TPSA) is 30.2 Å². The summed E-state index contributed by atoms with van der Waals surface area (Å²) in [4.78, 5) is 12.2. The van der Waals surface area contributed by atoms with Gasteiger partial charge in [0.1, 0.15) is 52.7 Å². The van der Waals surface area contributed by atoms with Gasteiger partial charge in [-0.15, -0.1) is 21.9 Å². The maximum Gasteiger partial charge on any atom is 0.404 e. The molecule has 7 rings (SSSR count). The molecule has 0 atom stereocenters. The van der Waals surface area contributed by atoms with Gasteiger partial charge in [-0.2, -0.15) is 4.57 Å². The van der Waals surface area contributed by atoms with Gasteiger partial charge >= 0.3 is 5.97 Å². The van der Waals surface area contributed by atoms with E-state index in [4.69, 9.17) is 16.3 Å². The van der Waals surface area contributed by atoms with E-state index in [9.17, 15) is 57.5 Å². The highest BCUT2D eigenvalue weighted by molar-refractivity contribution is 7.20. The lowest BCUT2D eigenvalue weighted by atomic mass is 9.12. The molecule has 7 aromatic rings. The second kappa shape index (κ2) is 18.8. The van der Waals surface area contributed by atoms with Crippen molar-refractivity contribution >= 4 is 56.5 Å². The van der Waals surface area contributed by atoms with Gasteiger partial charge in [0.05, 0.1) is 0 Å². The van der Waals surface area contributed by atoms with Gasteiger partial charge in [-0.25, -0.2) is 92.6 Å². The maximum absolute atomic E-state index is 15.4. The number of hydrogen-bond acceptors (Lipinski definition) is 2. The Balaban J connectivity index is 0.000000279. The van der Waals surface area contributed by atoms with Crippen molar-refractivity contribution in [1.82, 2.24) is 0 Å². The summed E-state index contributed by atoms with van der Waals surface area (Å²) >= 11 is 5.52. The summed E-state index contributed by atoms with van der Waals surface area (Å²) in [6.07, 6.45) is -7.22. The molecule has 0 radical (unpaired) electrons. The van der Waals surface area contributed by atoms with Crippen molar-refractivity contribution in [2.45, 2.75) is 6.54 Å². The molecule has 67 heavy (non-hydrogen) atoms. The molecule has 0 saturated heterocycles. The van der Waals surface area contributed by atoms with Crippen LogP contribution in [0.25, 0.3) is 10.9 Å². The number of carbonyl (C=O) groups excluding carboxylic acids is 1. The van der Waals surface area contributed by atoms with E-state index in [0.717, 1.165) is 16.5 Å². The standard InChI is InChI=1S/C24BF20.C18H15ClNO2/c26-5-1(6(27)14(35)21(42)13(5)34)25(2-7(28)15(36)22(43)16(37)8(2)29,3-9(30)17(38)23(44)18(39)10(3)31)4-11(32)19(40)24(45)20(41)12(4)33;19-13-22-18(21)17-11-10-15-8-4-5-9-16(15)20(17)12-14-6-2-1-3-7-14/h;1-11H,12-13H2/q-1;+1. The number of nitrogens with zero attached hydrogens (tertiary/aromatic N) is 1. The van der Waals surface area contributed by atoms with Gasteiger partial charge in [0, 0.05) is 23.1 Å². The van der Waals surface area contributed by atoms with Gasteiger partial charge in [0.25, 0.3) is 5.69 Å². The molecule has 1 heterocycles. The summed E-state index contributed by atoms with van der Waals surface area (Å²) in [6.45, 7) is 0.592. The Kier molecular flexibility index (Phi) is 13.9. The SMILES string of the molecule is Fc1c(F)c(F)c([B-](c2c(F)c(F)c(F)c(F)c2F)(c2c(F)c(F)c(F)c(F)c2F)c2c(F)c(F)c(F)c(F)c2F)c(F)c1F.O=C(OCCl)c1ccc2ccccc2[n+]1Cc1ccccc1. The second-order valence-electron chi connectivity index (χ2n) is 13.7. The average molecular weight is 992 g/mol. The molecular formula is C42H15BClF20NO2. The Morgan fingerprint density at radius 2 is 0.701 bits per heavy atom. The van der Waals surface area contributed by atoms with Crippen molar-refractivity contribution in [3.8, 4) is 0 Å². The number of alkyl halides is 1. The number of ether oxygens (including phenoxy) is 1. The van der Waals surface area contributed by atoms with Gasteiger partial charge < -0.3 is 4.74 Å². The third-order valence-electron chi connectivity index (χ3n) is 10.2. The normalized spacial score (nSPS) is 11.5. The molecular weight excluding hydrogens is 977 g/mol. The van der Waals surface area contributed by atoms with Gasteiger partial charge in [-0.1, -0.05) is 54.1 Å². The quantitative estimate of drug-likeness (QED) is 0.0289. The van der Waals surface area contributed by atoms with Crippen LogP contribution in [-0.2, 0) is 11.3 Å². The highest BCUT2D eigenvalue weighted by Gasteiger charge is 2.52. The summed E-state index contributed by atoms with van der Waals surface area (Å²) in [5, 5.41) is 1.07. The Bertz CT molecular complexity index is 2780. The van der Waals surface area contributed by atoms with Crippen molar-refractivity contribution in [2.24, 2.45) is 0 Å². The molecule has 0 aliphatic carbocycles. The van der Waals surface area contributed by atoms with Crippen LogP contribution in [0.4, 0.5) is 87.8 Å². The zero-order chi connectivity index (χ0) is 49.7. The Morgan fingerprint density at radius 3 is 1.03 bits per heavy atom. The number of carbonyl (C=O) groups is 1. The lowest BCUT2D eigenvalue weighted by molar-refractivity contribution is -0.665. The Hall–Kier alpha value is -6.85. The molecule has 0 amide bonds. The molecule has 350 valence electrons. The summed E-state index contributed by atoms with van der Waals surface area (Å²) in [5.41, 5.74) is -11.7. The first-order chi connectivity index (χ1) is 31.5. The third kappa shape index (κ3) is 7.92. The van der Waals surface area contributed by atoms with Gasteiger partial charge in [-0.3, -0.25) is 0 Å². The van der Waals surface area contributed by atoms with Crippen LogP contribution >= 0.6 is 11.6 Å². The fourth-order valence-electron chi connectivity index (χ4n) is 7.38. The average Bonchev–Trinajstić information content (AvgIpc) is 3.32. The molecule has 0 spiro atoms. The van der Waals surface area contributed by atoms with E-state index in [-0.39, 0.29) is 6.07 Å². The van der Waals surface area contributed by atoms with Crippen LogP contribution in [0.1, 0.15) is 16.1 Å². The minimum Gasteiger partial charge on any atom is -0.441 e. The van der Waals surface area contributed by atoms with E-state index in [2.05, 4.69) is 0 Å². The minimum atomic E-state index is -7.22. The van der Waals surface area contributed by atoms with E-state index in [1.165, 1.54) is 0 Å². The first kappa shape index (κ1) is 49.6. The van der Waals surface area contributed by atoms with Crippen LogP contribution < -0.4 is 26.4 Å². The molecule has 0 bridgehead atoms. The van der Waals surface area contributed by atoms with Gasteiger partial charge in [0.2, 0.25) is 5.52 Å². The van der Waals surface area contributed by atoms with Gasteiger partial charge in [-0.05, 0) is 12.1 Å². The van der Waals surface area contributed by atoms with Crippen LogP contribution in [0.2, 0.25) is 0 Å². The molecule has 0 N–H and O–H groups in total. The Morgan fingerprint density at radius 1 is 0.403 bits per heavy atom. The molecule has 0 saturated carbocycles. The maximum atomic E-state index is 15.4. The van der Waals surface area contributed by atoms with Crippen molar-refractivity contribution in [3.05, 3.63) is 194 Å². The largest absolute Gasteiger partial charge is 0.441 e. The molecule has 0 fully saturated rings. The first-order valence-corrected chi connectivity index (χ1v) is 18.4. The van der Waals surface area contributed by atoms with Crippen molar-refractivity contribution in [1.29, 1.82) is 0 Å². The van der Waals surface area contributed by atoms with Crippen molar-refractivity contribution < 1.29 is 102 Å². The number of aromatic nitrogens is 1. The summed E-state index contributed by atoms with van der Waals surface area (Å²) in [6, 6.07) is 21.5. The smallest absolute Gasteiger partial charge is 0.404 e. The van der Waals surface area contributed by atoms with Crippen LogP contribution in [-0.4, -0.2) is 18.2 Å². The van der Waals surface area contributed by atoms with E-state index >= 15 is 35.1 Å². The minimum absolute atomic E-state index is 0.156.